The van der Waals surface area contributed by atoms with Gasteiger partial charge in [-0.15, -0.1) is 0 Å². The van der Waals surface area contributed by atoms with Gasteiger partial charge >= 0.3 is 0 Å². The van der Waals surface area contributed by atoms with Gasteiger partial charge < -0.3 is 10.4 Å². The summed E-state index contributed by atoms with van der Waals surface area (Å²) in [5, 5.41) is 12.9. The number of benzene rings is 2. The second kappa shape index (κ2) is 7.60. The van der Waals surface area contributed by atoms with E-state index < -0.39 is 0 Å². The lowest BCUT2D eigenvalue weighted by Crippen LogP contribution is -2.36. The van der Waals surface area contributed by atoms with Crippen molar-refractivity contribution in [2.45, 2.75) is 25.5 Å². The van der Waals surface area contributed by atoms with Crippen molar-refractivity contribution in [1.82, 2.24) is 4.90 Å². The first-order valence-corrected chi connectivity index (χ1v) is 8.48. The van der Waals surface area contributed by atoms with Gasteiger partial charge in [-0.1, -0.05) is 48.5 Å². The molecule has 4 nitrogen and oxygen atoms in total. The summed E-state index contributed by atoms with van der Waals surface area (Å²) in [7, 11) is 0. The first-order valence-electron chi connectivity index (χ1n) is 8.48. The van der Waals surface area contributed by atoms with Crippen LogP contribution < -0.4 is 5.32 Å². The Kier molecular flexibility index (Phi) is 5.28. The highest BCUT2D eigenvalue weighted by atomic mass is 16.3. The summed E-state index contributed by atoms with van der Waals surface area (Å²) >= 11 is 0. The maximum Gasteiger partial charge on any atom is 0.246 e. The maximum atomic E-state index is 13.0. The van der Waals surface area contributed by atoms with Crippen molar-refractivity contribution in [2.24, 2.45) is 5.92 Å². The Bertz CT molecular complexity index is 658. The van der Waals surface area contributed by atoms with E-state index in [1.807, 2.05) is 67.6 Å². The number of likely N-dealkylation sites (tertiary alicyclic amines) is 1. The number of anilines is 1. The zero-order valence-electron chi connectivity index (χ0n) is 13.9. The molecule has 2 aromatic rings. The normalized spacial score (nSPS) is 20.5. The molecule has 1 fully saturated rings. The van der Waals surface area contributed by atoms with Crippen LogP contribution in [0.2, 0.25) is 0 Å². The van der Waals surface area contributed by atoms with Gasteiger partial charge in [0, 0.05) is 12.2 Å². The fraction of sp³-hybridized carbons (Fsp3) is 0.350. The minimum Gasteiger partial charge on any atom is -0.393 e. The number of carbonyl (C=O) groups excluding carboxylic acids is 1. The number of carbonyl (C=O) groups is 1. The Morgan fingerprint density at radius 1 is 1.12 bits per heavy atom. The van der Waals surface area contributed by atoms with Crippen LogP contribution in [-0.4, -0.2) is 35.1 Å². The van der Waals surface area contributed by atoms with Gasteiger partial charge in [0.1, 0.15) is 6.04 Å². The van der Waals surface area contributed by atoms with Crippen LogP contribution in [-0.2, 0) is 4.79 Å². The summed E-state index contributed by atoms with van der Waals surface area (Å²) in [5.74, 6) is 0.194. The highest BCUT2D eigenvalue weighted by molar-refractivity contribution is 5.95. The van der Waals surface area contributed by atoms with Gasteiger partial charge in [-0.25, -0.2) is 0 Å². The monoisotopic (exact) mass is 324 g/mol. The van der Waals surface area contributed by atoms with E-state index in [0.29, 0.717) is 0 Å². The first kappa shape index (κ1) is 16.7. The van der Waals surface area contributed by atoms with Gasteiger partial charge in [0.2, 0.25) is 5.91 Å². The average molecular weight is 324 g/mol. The fourth-order valence-corrected chi connectivity index (χ4v) is 3.34. The molecule has 0 aliphatic carbocycles. The van der Waals surface area contributed by atoms with Crippen LogP contribution in [0.4, 0.5) is 5.69 Å². The van der Waals surface area contributed by atoms with Crippen molar-refractivity contribution in [1.29, 1.82) is 0 Å². The number of aliphatic hydroxyl groups excluding tert-OH is 1. The number of amides is 1. The molecule has 1 amide bonds. The molecule has 1 aliphatic heterocycles. The summed E-state index contributed by atoms with van der Waals surface area (Å²) in [6, 6.07) is 19.0. The maximum absolute atomic E-state index is 13.0. The van der Waals surface area contributed by atoms with E-state index in [9.17, 15) is 9.90 Å². The van der Waals surface area contributed by atoms with Crippen molar-refractivity contribution < 1.29 is 9.90 Å². The van der Waals surface area contributed by atoms with E-state index in [1.54, 1.807) is 0 Å². The molecule has 1 saturated heterocycles. The molecule has 0 spiro atoms. The summed E-state index contributed by atoms with van der Waals surface area (Å²) in [4.78, 5) is 15.1. The van der Waals surface area contributed by atoms with E-state index in [1.165, 1.54) is 0 Å². The second-order valence-corrected chi connectivity index (χ2v) is 6.45. The quantitative estimate of drug-likeness (QED) is 0.889. The van der Waals surface area contributed by atoms with Crippen LogP contribution in [0.15, 0.2) is 60.7 Å². The summed E-state index contributed by atoms with van der Waals surface area (Å²) in [6.45, 7) is 3.38. The van der Waals surface area contributed by atoms with Gasteiger partial charge in [0.25, 0.3) is 0 Å². The largest absolute Gasteiger partial charge is 0.393 e. The van der Waals surface area contributed by atoms with E-state index >= 15 is 0 Å². The molecule has 1 aliphatic rings. The highest BCUT2D eigenvalue weighted by Gasteiger charge is 2.35. The van der Waals surface area contributed by atoms with Gasteiger partial charge in [-0.3, -0.25) is 9.69 Å². The SMILES string of the molecule is CC(O)C1CCN(C(C(=O)Nc2ccccc2)c2ccccc2)C1. The molecule has 3 atom stereocenters. The molecule has 0 aromatic heterocycles. The fourth-order valence-electron chi connectivity index (χ4n) is 3.34. The summed E-state index contributed by atoms with van der Waals surface area (Å²) in [6.07, 6.45) is 0.572. The number of hydrogen-bond acceptors (Lipinski definition) is 3. The number of para-hydroxylation sites is 1. The van der Waals surface area contributed by atoms with Crippen LogP contribution >= 0.6 is 0 Å². The Balaban J connectivity index is 1.82. The van der Waals surface area contributed by atoms with E-state index in [2.05, 4.69) is 10.2 Å². The van der Waals surface area contributed by atoms with Crippen LogP contribution in [0.25, 0.3) is 0 Å². The smallest absolute Gasteiger partial charge is 0.246 e. The average Bonchev–Trinajstić information content (AvgIpc) is 3.07. The number of rotatable bonds is 5. The molecule has 0 radical (unpaired) electrons. The van der Waals surface area contributed by atoms with Gasteiger partial charge in [-0.05, 0) is 43.5 Å². The summed E-state index contributed by atoms with van der Waals surface area (Å²) in [5.41, 5.74) is 1.78. The number of aliphatic hydroxyl groups is 1. The third-order valence-electron chi connectivity index (χ3n) is 4.71. The number of nitrogens with zero attached hydrogens (tertiary/aromatic N) is 1. The Labute approximate surface area is 143 Å². The van der Waals surface area contributed by atoms with Gasteiger partial charge in [0.15, 0.2) is 0 Å². The molecule has 2 N–H and O–H groups in total. The van der Waals surface area contributed by atoms with Crippen molar-refractivity contribution >= 4 is 11.6 Å². The minimum atomic E-state index is -0.344. The lowest BCUT2D eigenvalue weighted by molar-refractivity contribution is -0.121. The van der Waals surface area contributed by atoms with E-state index in [-0.39, 0.29) is 24.0 Å². The Morgan fingerprint density at radius 2 is 1.75 bits per heavy atom. The first-order chi connectivity index (χ1) is 11.6. The summed E-state index contributed by atoms with van der Waals surface area (Å²) < 4.78 is 0. The van der Waals surface area contributed by atoms with Gasteiger partial charge in [0.05, 0.1) is 6.10 Å². The van der Waals surface area contributed by atoms with Crippen molar-refractivity contribution in [3.05, 3.63) is 66.2 Å². The van der Waals surface area contributed by atoms with Crippen LogP contribution in [0.1, 0.15) is 24.9 Å². The van der Waals surface area contributed by atoms with Crippen LogP contribution in [0, 0.1) is 5.92 Å². The molecular weight excluding hydrogens is 300 g/mol. The minimum absolute atomic E-state index is 0.0290. The second-order valence-electron chi connectivity index (χ2n) is 6.45. The number of hydrogen-bond donors (Lipinski definition) is 2. The molecular formula is C20H24N2O2. The zero-order chi connectivity index (χ0) is 16.9. The predicted octanol–water partition coefficient (Wildman–Crippen LogP) is 3.07. The van der Waals surface area contributed by atoms with Crippen LogP contribution in [0.5, 0.6) is 0 Å². The zero-order valence-corrected chi connectivity index (χ0v) is 13.9. The van der Waals surface area contributed by atoms with Crippen molar-refractivity contribution in [3.63, 3.8) is 0 Å². The van der Waals surface area contributed by atoms with E-state index in [4.69, 9.17) is 0 Å². The Morgan fingerprint density at radius 3 is 2.33 bits per heavy atom. The Hall–Kier alpha value is -2.17. The third kappa shape index (κ3) is 3.83. The topological polar surface area (TPSA) is 52.6 Å². The molecule has 126 valence electrons. The molecule has 2 aromatic carbocycles. The molecule has 0 bridgehead atoms. The lowest BCUT2D eigenvalue weighted by atomic mass is 10.0. The van der Waals surface area contributed by atoms with E-state index in [0.717, 1.165) is 30.8 Å². The van der Waals surface area contributed by atoms with Crippen molar-refractivity contribution in [2.75, 3.05) is 18.4 Å². The van der Waals surface area contributed by atoms with Gasteiger partial charge in [-0.2, -0.15) is 0 Å². The van der Waals surface area contributed by atoms with Crippen LogP contribution in [0.3, 0.4) is 0 Å². The molecule has 3 rings (SSSR count). The van der Waals surface area contributed by atoms with Crippen molar-refractivity contribution in [3.8, 4) is 0 Å². The molecule has 0 saturated carbocycles. The number of nitrogens with one attached hydrogen (secondary N) is 1. The molecule has 1 heterocycles. The molecule has 24 heavy (non-hydrogen) atoms. The lowest BCUT2D eigenvalue weighted by Gasteiger charge is -2.27. The standard InChI is InChI=1S/C20H24N2O2/c1-15(23)17-12-13-22(14-17)19(16-8-4-2-5-9-16)20(24)21-18-10-6-3-7-11-18/h2-11,15,17,19,23H,12-14H2,1H3,(H,21,24). The molecule has 3 unspecified atom stereocenters. The predicted molar refractivity (Wildman–Crippen MR) is 95.6 cm³/mol. The third-order valence-corrected chi connectivity index (χ3v) is 4.71. The molecule has 4 heteroatoms. The highest BCUT2D eigenvalue weighted by Crippen LogP contribution is 2.30.